The molecule has 1 N–H and O–H groups in total. The van der Waals surface area contributed by atoms with Crippen molar-refractivity contribution in [2.75, 3.05) is 6.61 Å². The molecule has 0 aromatic carbocycles. The average molecular weight is 345 g/mol. The minimum absolute atomic E-state index is 0.356. The molecule has 0 radical (unpaired) electrons. The van der Waals surface area contributed by atoms with E-state index in [-0.39, 0.29) is 5.60 Å². The van der Waals surface area contributed by atoms with Gasteiger partial charge in [0.15, 0.2) is 0 Å². The number of hydrogen-bond acceptors (Lipinski definition) is 3. The molecule has 0 bridgehead atoms. The van der Waals surface area contributed by atoms with Crippen LogP contribution in [0.3, 0.4) is 0 Å². The second kappa shape index (κ2) is 6.58. The summed E-state index contributed by atoms with van der Waals surface area (Å²) in [6.45, 7) is 4.75. The Morgan fingerprint density at radius 1 is 1.40 bits per heavy atom. The van der Waals surface area contributed by atoms with Crippen LogP contribution in [0.1, 0.15) is 50.9 Å². The number of ether oxygens (including phenoxy) is 1. The van der Waals surface area contributed by atoms with Gasteiger partial charge in [0.05, 0.1) is 27.6 Å². The number of aliphatic hydroxyl groups excluding tert-OH is 1. The summed E-state index contributed by atoms with van der Waals surface area (Å²) in [4.78, 5) is 0. The second-order valence-corrected chi connectivity index (χ2v) is 6.40. The summed E-state index contributed by atoms with van der Waals surface area (Å²) < 4.78 is 8.85. The normalized spacial score (nSPS) is 19.4. The summed E-state index contributed by atoms with van der Waals surface area (Å²) in [6.07, 6.45) is 5.20. The topological polar surface area (TPSA) is 47.3 Å². The summed E-state index contributed by atoms with van der Waals surface area (Å²) in [5.74, 6) is 0. The third kappa shape index (κ3) is 2.95. The molecule has 0 amide bonds. The molecule has 1 atom stereocenters. The van der Waals surface area contributed by atoms with Crippen molar-refractivity contribution in [3.05, 3.63) is 15.9 Å². The first-order valence-corrected chi connectivity index (χ1v) is 8.35. The van der Waals surface area contributed by atoms with Crippen LogP contribution in [-0.2, 0) is 24.6 Å². The lowest BCUT2D eigenvalue weighted by molar-refractivity contribution is -0.116. The molecule has 0 saturated heterocycles. The second-order valence-electron chi connectivity index (χ2n) is 5.61. The Hall–Kier alpha value is -0.390. The van der Waals surface area contributed by atoms with Crippen LogP contribution >= 0.6 is 15.9 Å². The van der Waals surface area contributed by atoms with Crippen molar-refractivity contribution in [3.63, 3.8) is 0 Å². The first-order valence-electron chi connectivity index (χ1n) is 7.56. The number of hydrogen-bond donors (Lipinski definition) is 1. The monoisotopic (exact) mass is 344 g/mol. The molecule has 2 rings (SSSR count). The number of aliphatic hydroxyl groups is 1. The van der Waals surface area contributed by atoms with Gasteiger partial charge >= 0.3 is 0 Å². The maximum absolute atomic E-state index is 10.7. The van der Waals surface area contributed by atoms with E-state index >= 15 is 0 Å². The van der Waals surface area contributed by atoms with Gasteiger partial charge in [0.25, 0.3) is 0 Å². The molecule has 4 nitrogen and oxygen atoms in total. The van der Waals surface area contributed by atoms with Crippen LogP contribution < -0.4 is 0 Å². The lowest BCUT2D eigenvalue weighted by atomic mass is 9.91. The number of rotatable bonds is 6. The largest absolute Gasteiger partial charge is 0.390 e. The van der Waals surface area contributed by atoms with E-state index in [1.165, 1.54) is 0 Å². The van der Waals surface area contributed by atoms with Gasteiger partial charge in [-0.1, -0.05) is 19.8 Å². The molecule has 114 valence electrons. The van der Waals surface area contributed by atoms with Crippen molar-refractivity contribution in [2.45, 2.75) is 64.1 Å². The van der Waals surface area contributed by atoms with Gasteiger partial charge in [-0.25, -0.2) is 0 Å². The first kappa shape index (κ1) is 16.0. The van der Waals surface area contributed by atoms with Crippen LogP contribution in [0.4, 0.5) is 0 Å². The van der Waals surface area contributed by atoms with Crippen LogP contribution in [0.2, 0.25) is 0 Å². The molecule has 20 heavy (non-hydrogen) atoms. The van der Waals surface area contributed by atoms with Gasteiger partial charge in [-0.3, -0.25) is 4.68 Å². The lowest BCUT2D eigenvalue weighted by Crippen LogP contribution is -2.44. The third-order valence-electron chi connectivity index (χ3n) is 4.38. The summed E-state index contributed by atoms with van der Waals surface area (Å²) >= 11 is 3.62. The molecule has 1 aromatic heterocycles. The molecule has 1 unspecified atom stereocenters. The third-order valence-corrected chi connectivity index (χ3v) is 5.29. The Morgan fingerprint density at radius 2 is 2.05 bits per heavy atom. The van der Waals surface area contributed by atoms with Crippen molar-refractivity contribution in [3.8, 4) is 0 Å². The highest BCUT2D eigenvalue weighted by atomic mass is 79.9. The van der Waals surface area contributed by atoms with E-state index in [9.17, 15) is 5.11 Å². The van der Waals surface area contributed by atoms with Crippen molar-refractivity contribution >= 4 is 15.9 Å². The van der Waals surface area contributed by atoms with Crippen LogP contribution in [0.25, 0.3) is 0 Å². The van der Waals surface area contributed by atoms with E-state index in [4.69, 9.17) is 4.74 Å². The lowest BCUT2D eigenvalue weighted by Gasteiger charge is -2.34. The van der Waals surface area contributed by atoms with Crippen molar-refractivity contribution in [1.82, 2.24) is 9.78 Å². The Labute approximate surface area is 129 Å². The van der Waals surface area contributed by atoms with Gasteiger partial charge in [-0.2, -0.15) is 5.10 Å². The SMILES string of the molecule is CCOC1(C(O)Cc2c(Br)c(CC)nn2C)CCCC1. The van der Waals surface area contributed by atoms with Gasteiger partial charge < -0.3 is 9.84 Å². The summed E-state index contributed by atoms with van der Waals surface area (Å²) in [5, 5.41) is 15.2. The molecular weight excluding hydrogens is 320 g/mol. The van der Waals surface area contributed by atoms with Crippen LogP contribution in [0.5, 0.6) is 0 Å². The highest BCUT2D eigenvalue weighted by Gasteiger charge is 2.42. The van der Waals surface area contributed by atoms with Crippen LogP contribution in [0, 0.1) is 0 Å². The van der Waals surface area contributed by atoms with Gasteiger partial charge in [0, 0.05) is 20.1 Å². The minimum atomic E-state index is -0.471. The molecule has 1 heterocycles. The molecule has 1 fully saturated rings. The molecule has 0 spiro atoms. The van der Waals surface area contributed by atoms with Crippen molar-refractivity contribution in [1.29, 1.82) is 0 Å². The highest BCUT2D eigenvalue weighted by molar-refractivity contribution is 9.10. The Kier molecular flexibility index (Phi) is 5.26. The molecule has 1 aliphatic rings. The maximum Gasteiger partial charge on any atom is 0.0943 e. The summed E-state index contributed by atoms with van der Waals surface area (Å²) in [7, 11) is 1.94. The number of aromatic nitrogens is 2. The standard InChI is InChI=1S/C15H25BrN2O2/c1-4-11-14(16)12(18(3)17-11)10-13(19)15(20-5-2)8-6-7-9-15/h13,19H,4-10H2,1-3H3. The fraction of sp³-hybridized carbons (Fsp3) is 0.800. The smallest absolute Gasteiger partial charge is 0.0943 e. The predicted octanol–water partition coefficient (Wildman–Crippen LogP) is 3.00. The van der Waals surface area contributed by atoms with Gasteiger partial charge in [-0.15, -0.1) is 0 Å². The van der Waals surface area contributed by atoms with Crippen molar-refractivity contribution in [2.24, 2.45) is 7.05 Å². The maximum atomic E-state index is 10.7. The van der Waals surface area contributed by atoms with E-state index in [2.05, 4.69) is 28.0 Å². The molecule has 1 aromatic rings. The molecule has 1 aliphatic carbocycles. The molecular formula is C15H25BrN2O2. The van der Waals surface area contributed by atoms with E-state index in [0.29, 0.717) is 13.0 Å². The average Bonchev–Trinajstić information content (AvgIpc) is 3.00. The predicted molar refractivity (Wildman–Crippen MR) is 82.8 cm³/mol. The Balaban J connectivity index is 2.18. The van der Waals surface area contributed by atoms with E-state index in [1.807, 2.05) is 18.7 Å². The number of aryl methyl sites for hydroxylation is 2. The fourth-order valence-corrected chi connectivity index (χ4v) is 4.02. The van der Waals surface area contributed by atoms with E-state index in [0.717, 1.165) is 48.0 Å². The van der Waals surface area contributed by atoms with Crippen molar-refractivity contribution < 1.29 is 9.84 Å². The summed E-state index contributed by atoms with van der Waals surface area (Å²) in [6, 6.07) is 0. The quantitative estimate of drug-likeness (QED) is 0.862. The first-order chi connectivity index (χ1) is 9.54. The van der Waals surface area contributed by atoms with Crippen LogP contribution in [0.15, 0.2) is 4.47 Å². The zero-order valence-electron chi connectivity index (χ0n) is 12.7. The van der Waals surface area contributed by atoms with Gasteiger partial charge in [0.1, 0.15) is 0 Å². The van der Waals surface area contributed by atoms with Gasteiger partial charge in [0.2, 0.25) is 0 Å². The minimum Gasteiger partial charge on any atom is -0.390 e. The van der Waals surface area contributed by atoms with Gasteiger partial charge in [-0.05, 0) is 42.1 Å². The number of nitrogens with zero attached hydrogens (tertiary/aromatic N) is 2. The highest BCUT2D eigenvalue weighted by Crippen LogP contribution is 2.38. The Bertz CT molecular complexity index is 453. The van der Waals surface area contributed by atoms with Crippen LogP contribution in [-0.4, -0.2) is 33.2 Å². The Morgan fingerprint density at radius 3 is 2.55 bits per heavy atom. The molecule has 5 heteroatoms. The zero-order valence-corrected chi connectivity index (χ0v) is 14.2. The number of halogens is 1. The van der Waals surface area contributed by atoms with E-state index in [1.54, 1.807) is 0 Å². The molecule has 1 saturated carbocycles. The fourth-order valence-electron chi connectivity index (χ4n) is 3.25. The zero-order chi connectivity index (χ0) is 14.8. The molecule has 0 aliphatic heterocycles. The van der Waals surface area contributed by atoms with E-state index < -0.39 is 6.10 Å². The summed E-state index contributed by atoms with van der Waals surface area (Å²) in [5.41, 5.74) is 1.75.